The number of benzene rings is 1. The highest BCUT2D eigenvalue weighted by atomic mass is 79.9. The summed E-state index contributed by atoms with van der Waals surface area (Å²) in [6, 6.07) is 5.44. The lowest BCUT2D eigenvalue weighted by atomic mass is 10.3. The molecule has 28 heavy (non-hydrogen) atoms. The van der Waals surface area contributed by atoms with E-state index in [1.54, 1.807) is 6.07 Å². The van der Waals surface area contributed by atoms with Crippen molar-refractivity contribution in [2.24, 2.45) is 7.05 Å². The first-order chi connectivity index (χ1) is 14.1. The van der Waals surface area contributed by atoms with E-state index in [0.29, 0.717) is 0 Å². The number of aryl methyl sites for hydroxylation is 2. The number of hydrogen-bond acceptors (Lipinski definition) is 7. The van der Waals surface area contributed by atoms with Crippen molar-refractivity contribution in [2.45, 2.75) is 6.88 Å². The highest BCUT2D eigenvalue weighted by Gasteiger charge is 2.16. The van der Waals surface area contributed by atoms with E-state index in [1.807, 2.05) is 4.98 Å². The molecule has 0 aliphatic carbocycles. The molecular formula is C16H10BrClN6O4. The SMILES string of the molecule is [2H]C([2H])c1cc(Oc2c(Cl)cc(-n3nc(C#N)c(=O)[nH]c3=O)cc2Br)nn(C)c1=O. The second-order valence-electron chi connectivity index (χ2n) is 5.34. The maximum Gasteiger partial charge on any atom is 0.349 e. The average Bonchev–Trinajstić information content (AvgIpc) is 2.67. The molecule has 0 bridgehead atoms. The molecule has 2 aromatic heterocycles. The number of ether oxygens (including phenoxy) is 1. The van der Waals surface area contributed by atoms with Crippen molar-refractivity contribution in [3.63, 3.8) is 0 Å². The van der Waals surface area contributed by atoms with Crippen LogP contribution in [-0.2, 0) is 7.05 Å². The van der Waals surface area contributed by atoms with Crippen LogP contribution in [0.4, 0.5) is 0 Å². The maximum absolute atomic E-state index is 12.0. The van der Waals surface area contributed by atoms with Gasteiger partial charge in [-0.05, 0) is 34.9 Å². The number of aromatic amines is 1. The zero-order valence-corrected chi connectivity index (χ0v) is 16.3. The number of nitrogens with zero attached hydrogens (tertiary/aromatic N) is 5. The van der Waals surface area contributed by atoms with E-state index >= 15 is 0 Å². The maximum atomic E-state index is 12.0. The highest BCUT2D eigenvalue weighted by Crippen LogP contribution is 2.37. The quantitative estimate of drug-likeness (QED) is 0.615. The molecule has 0 unspecified atom stereocenters. The molecule has 0 radical (unpaired) electrons. The summed E-state index contributed by atoms with van der Waals surface area (Å²) in [7, 11) is 1.35. The Labute approximate surface area is 172 Å². The zero-order chi connectivity index (χ0) is 22.2. The van der Waals surface area contributed by atoms with Gasteiger partial charge in [-0.2, -0.15) is 9.94 Å². The van der Waals surface area contributed by atoms with E-state index < -0.39 is 29.4 Å². The highest BCUT2D eigenvalue weighted by molar-refractivity contribution is 9.10. The van der Waals surface area contributed by atoms with E-state index in [-0.39, 0.29) is 32.4 Å². The lowest BCUT2D eigenvalue weighted by Crippen LogP contribution is -2.33. The summed E-state index contributed by atoms with van der Waals surface area (Å²) in [5.41, 5.74) is -2.92. The molecule has 0 saturated heterocycles. The molecule has 2 heterocycles. The Balaban J connectivity index is 2.08. The standard InChI is InChI=1S/C16H10BrClN6O4/c1-7-3-12(22-23(2)15(7)26)28-13-9(17)4-8(5-10(13)18)24-16(27)20-14(25)11(6-19)21-24/h3-5H,1-2H3,(H,20,25,27)/i1D2. The molecule has 3 aromatic rings. The average molecular weight is 468 g/mol. The normalized spacial score (nSPS) is 11.7. The van der Waals surface area contributed by atoms with Gasteiger partial charge in [-0.3, -0.25) is 14.6 Å². The topological polar surface area (TPSA) is 136 Å². The molecule has 3 rings (SSSR count). The van der Waals surface area contributed by atoms with Crippen LogP contribution in [0.5, 0.6) is 11.6 Å². The minimum absolute atomic E-state index is 0.00304. The predicted octanol–water partition coefficient (Wildman–Crippen LogP) is 1.40. The van der Waals surface area contributed by atoms with Gasteiger partial charge >= 0.3 is 5.69 Å². The van der Waals surface area contributed by atoms with E-state index in [1.165, 1.54) is 19.2 Å². The lowest BCUT2D eigenvalue weighted by molar-refractivity contribution is 0.437. The van der Waals surface area contributed by atoms with E-state index in [0.717, 1.165) is 15.4 Å². The van der Waals surface area contributed by atoms with Crippen molar-refractivity contribution >= 4 is 27.5 Å². The molecular weight excluding hydrogens is 456 g/mol. The first-order valence-electron chi connectivity index (χ1n) is 8.51. The van der Waals surface area contributed by atoms with Crippen LogP contribution >= 0.6 is 27.5 Å². The predicted molar refractivity (Wildman–Crippen MR) is 102 cm³/mol. The van der Waals surface area contributed by atoms with Crippen LogP contribution in [-0.4, -0.2) is 24.5 Å². The van der Waals surface area contributed by atoms with Gasteiger partial charge in [-0.15, -0.1) is 10.2 Å². The van der Waals surface area contributed by atoms with Gasteiger partial charge in [0.25, 0.3) is 11.1 Å². The van der Waals surface area contributed by atoms with Gasteiger partial charge in [0.15, 0.2) is 5.75 Å². The van der Waals surface area contributed by atoms with Gasteiger partial charge in [0.05, 0.1) is 15.2 Å². The van der Waals surface area contributed by atoms with Gasteiger partial charge in [0.2, 0.25) is 11.6 Å². The molecule has 1 N–H and O–H groups in total. The Morgan fingerprint density at radius 1 is 1.32 bits per heavy atom. The van der Waals surface area contributed by atoms with Crippen molar-refractivity contribution in [2.75, 3.05) is 0 Å². The molecule has 0 atom stereocenters. The van der Waals surface area contributed by atoms with Crippen molar-refractivity contribution in [3.8, 4) is 23.4 Å². The summed E-state index contributed by atoms with van der Waals surface area (Å²) in [4.78, 5) is 37.5. The summed E-state index contributed by atoms with van der Waals surface area (Å²) in [5, 5.41) is 16.6. The monoisotopic (exact) mass is 466 g/mol. The Bertz CT molecular complexity index is 1350. The molecule has 0 spiro atoms. The van der Waals surface area contributed by atoms with Gasteiger partial charge < -0.3 is 4.74 Å². The van der Waals surface area contributed by atoms with Crippen molar-refractivity contribution < 1.29 is 7.48 Å². The van der Waals surface area contributed by atoms with Gasteiger partial charge in [0.1, 0.15) is 6.07 Å². The van der Waals surface area contributed by atoms with Crippen LogP contribution in [0.1, 0.15) is 14.0 Å². The Morgan fingerprint density at radius 2 is 2.07 bits per heavy atom. The number of nitriles is 1. The van der Waals surface area contributed by atoms with Crippen molar-refractivity contribution in [3.05, 3.63) is 70.1 Å². The van der Waals surface area contributed by atoms with Crippen molar-refractivity contribution in [1.29, 1.82) is 5.26 Å². The summed E-state index contributed by atoms with van der Waals surface area (Å²) in [6.07, 6.45) is 0. The van der Waals surface area contributed by atoms with Crippen LogP contribution < -0.4 is 21.5 Å². The molecule has 0 aliphatic heterocycles. The number of H-pyrrole nitrogens is 1. The molecule has 1 aromatic carbocycles. The fourth-order valence-electron chi connectivity index (χ4n) is 2.17. The van der Waals surface area contributed by atoms with E-state index in [2.05, 4.69) is 26.1 Å². The molecule has 0 aliphatic rings. The fraction of sp³-hybridized carbons (Fsp3) is 0.125. The van der Waals surface area contributed by atoms with Crippen molar-refractivity contribution in [1.82, 2.24) is 24.5 Å². The number of hydrogen-bond donors (Lipinski definition) is 1. The summed E-state index contributed by atoms with van der Waals surface area (Å²) < 4.78 is 22.5. The molecule has 142 valence electrons. The number of aromatic nitrogens is 5. The third-order valence-electron chi connectivity index (χ3n) is 3.44. The van der Waals surface area contributed by atoms with Gasteiger partial charge in [-0.25, -0.2) is 9.48 Å². The number of nitrogens with one attached hydrogen (secondary N) is 1. The lowest BCUT2D eigenvalue weighted by Gasteiger charge is -2.12. The second kappa shape index (κ2) is 7.41. The van der Waals surface area contributed by atoms with Crippen LogP contribution in [0.15, 0.2) is 37.1 Å². The third-order valence-corrected chi connectivity index (χ3v) is 4.31. The van der Waals surface area contributed by atoms with Crippen LogP contribution in [0.3, 0.4) is 0 Å². The Hall–Kier alpha value is -3.23. The fourth-order valence-corrected chi connectivity index (χ4v) is 3.07. The first kappa shape index (κ1) is 16.9. The molecule has 10 nitrogen and oxygen atoms in total. The van der Waals surface area contributed by atoms with E-state index in [4.69, 9.17) is 24.3 Å². The molecule has 0 fully saturated rings. The number of halogens is 2. The Kier molecular flexibility index (Phi) is 4.48. The van der Waals surface area contributed by atoms with Crippen LogP contribution in [0.2, 0.25) is 5.02 Å². The zero-order valence-electron chi connectivity index (χ0n) is 15.9. The largest absolute Gasteiger partial charge is 0.435 e. The molecule has 0 saturated carbocycles. The summed E-state index contributed by atoms with van der Waals surface area (Å²) in [5.74, 6) is -0.0138. The molecule has 12 heteroatoms. The first-order valence-corrected chi connectivity index (χ1v) is 8.53. The Morgan fingerprint density at radius 3 is 2.71 bits per heavy atom. The summed E-state index contributed by atoms with van der Waals surface area (Å²) >= 11 is 9.51. The second-order valence-corrected chi connectivity index (χ2v) is 6.60. The van der Waals surface area contributed by atoms with E-state index in [9.17, 15) is 14.4 Å². The minimum Gasteiger partial charge on any atom is -0.435 e. The van der Waals surface area contributed by atoms with Gasteiger partial charge in [0, 0.05) is 21.4 Å². The van der Waals surface area contributed by atoms with Gasteiger partial charge in [-0.1, -0.05) is 11.6 Å². The van der Waals surface area contributed by atoms with Crippen LogP contribution in [0, 0.1) is 18.2 Å². The summed E-state index contributed by atoms with van der Waals surface area (Å²) in [6.45, 7) is -1.54. The molecule has 0 amide bonds. The smallest absolute Gasteiger partial charge is 0.349 e. The number of rotatable bonds is 3. The third kappa shape index (κ3) is 3.60. The van der Waals surface area contributed by atoms with Crippen LogP contribution in [0.25, 0.3) is 5.69 Å². The minimum atomic E-state index is -1.54.